The van der Waals surface area contributed by atoms with E-state index in [1.54, 1.807) is 13.8 Å². The van der Waals surface area contributed by atoms with Crippen LogP contribution in [0.15, 0.2) is 57.9 Å². The molecule has 4 nitrogen and oxygen atoms in total. The molecule has 2 bridgehead atoms. The maximum absolute atomic E-state index is 15.0. The molecule has 1 fully saturated rings. The van der Waals surface area contributed by atoms with Gasteiger partial charge in [0, 0.05) is 11.5 Å². The molecule has 1 saturated carbocycles. The Labute approximate surface area is 263 Å². The minimum atomic E-state index is -1.76. The fourth-order valence-corrected chi connectivity index (χ4v) is 6.72. The van der Waals surface area contributed by atoms with Crippen LogP contribution >= 0.6 is 0 Å². The van der Waals surface area contributed by atoms with Gasteiger partial charge in [0.15, 0.2) is 22.8 Å². The Morgan fingerprint density at radius 1 is 0.900 bits per heavy atom. The Hall–Kier alpha value is -1.57. The van der Waals surface area contributed by atoms with Gasteiger partial charge in [-0.05, 0) is 105 Å². The number of fused-ring (bicyclic) bond motifs is 2. The summed E-state index contributed by atoms with van der Waals surface area (Å²) in [5, 5.41) is 12.2. The molecule has 0 aromatic heterocycles. The fourth-order valence-electron chi connectivity index (χ4n) is 6.72. The van der Waals surface area contributed by atoms with Gasteiger partial charge in [0.2, 0.25) is 0 Å². The number of allylic oxidation sites excluding steroid dienone is 10. The summed E-state index contributed by atoms with van der Waals surface area (Å²) in [6.45, 7) is 21.6. The molecule has 0 aliphatic heterocycles. The van der Waals surface area contributed by atoms with Crippen molar-refractivity contribution in [3.63, 3.8) is 0 Å². The van der Waals surface area contributed by atoms with E-state index in [0.717, 1.165) is 16.7 Å². The molecule has 1 N–H and O–H groups in total. The molecular formula is C35H54O4Pb. The molecule has 2 radical (unpaired) electrons. The van der Waals surface area contributed by atoms with Crippen molar-refractivity contribution in [2.24, 2.45) is 28.1 Å². The normalized spacial score (nSPS) is 27.6. The first-order chi connectivity index (χ1) is 18.0. The van der Waals surface area contributed by atoms with Crippen LogP contribution in [0.25, 0.3) is 0 Å². The van der Waals surface area contributed by atoms with E-state index in [1.807, 2.05) is 74.5 Å². The number of ketones is 3. The molecule has 2 aliphatic rings. The summed E-state index contributed by atoms with van der Waals surface area (Å²) >= 11 is 0. The summed E-state index contributed by atoms with van der Waals surface area (Å²) in [5.74, 6) is -1.87. The molecule has 222 valence electrons. The topological polar surface area (TPSA) is 71.4 Å². The van der Waals surface area contributed by atoms with Gasteiger partial charge < -0.3 is 5.11 Å². The first-order valence-electron chi connectivity index (χ1n) is 14.6. The summed E-state index contributed by atoms with van der Waals surface area (Å²) in [6, 6.07) is 0. The van der Waals surface area contributed by atoms with Gasteiger partial charge in [-0.1, -0.05) is 67.4 Å². The van der Waals surface area contributed by atoms with Crippen LogP contribution in [-0.4, -0.2) is 49.8 Å². The van der Waals surface area contributed by atoms with Crippen molar-refractivity contribution >= 4 is 44.6 Å². The van der Waals surface area contributed by atoms with E-state index in [0.29, 0.717) is 25.7 Å². The zero-order valence-electron chi connectivity index (χ0n) is 27.1. The molecule has 4 atom stereocenters. The molecule has 5 heteroatoms. The van der Waals surface area contributed by atoms with Gasteiger partial charge in [0.1, 0.15) is 5.76 Å². The van der Waals surface area contributed by atoms with E-state index in [2.05, 4.69) is 12.2 Å². The van der Waals surface area contributed by atoms with Crippen LogP contribution in [0.1, 0.15) is 115 Å². The summed E-state index contributed by atoms with van der Waals surface area (Å²) in [4.78, 5) is 43.9. The first-order valence-corrected chi connectivity index (χ1v) is 14.6. The zero-order valence-corrected chi connectivity index (χ0v) is 32.6. The van der Waals surface area contributed by atoms with Crippen molar-refractivity contribution in [2.75, 3.05) is 0 Å². The fraction of sp³-hybridized carbons (Fsp3) is 0.629. The average molecular weight is 746 g/mol. The SMILES string of the molecule is CC(C)=CCC[C@]1(C)[C@@H](CC=C(C)C)C[C@]2(CC=C(C)C)C(=O)C(CC=C(C)C)=C(O)[C@@]1(C(=O)C(C)C)C2=O.[PbH2]. The zero-order chi connectivity index (χ0) is 29.9. The van der Waals surface area contributed by atoms with Crippen LogP contribution in [0, 0.1) is 28.1 Å². The Balaban J connectivity index is 0.00000800. The van der Waals surface area contributed by atoms with Crippen LogP contribution in [0.4, 0.5) is 0 Å². The number of carbonyl (C=O) groups excluding carboxylic acids is 3. The van der Waals surface area contributed by atoms with Gasteiger partial charge in [0.25, 0.3) is 0 Å². The van der Waals surface area contributed by atoms with Gasteiger partial charge in [0.05, 0.1) is 5.41 Å². The molecule has 2 rings (SSSR count). The molecule has 0 heterocycles. The Morgan fingerprint density at radius 3 is 1.90 bits per heavy atom. The Bertz CT molecular complexity index is 1150. The van der Waals surface area contributed by atoms with Crippen molar-refractivity contribution in [2.45, 2.75) is 115 Å². The standard InChI is InChI=1S/C35H52O4.Pb.2H/c1-22(2)13-12-19-33(11)27(16-14-23(3)4)21-34(20-18-25(7)8)30(37)28(17-15-24(5)6)31(38)35(33,32(34)39)29(36)26(9)10;;;/h13-15,18,26-27,38H,12,16-17,19-21H2,1-11H3;;;/t27-,33+,34+,35-;;;/m0.../s1. The Kier molecular flexibility index (Phi) is 12.8. The molecule has 2 aliphatic carbocycles. The molecule has 0 amide bonds. The van der Waals surface area contributed by atoms with Crippen LogP contribution in [0.2, 0.25) is 0 Å². The van der Waals surface area contributed by atoms with Crippen LogP contribution in [0.5, 0.6) is 0 Å². The van der Waals surface area contributed by atoms with Gasteiger partial charge in [-0.3, -0.25) is 14.4 Å². The second kappa shape index (κ2) is 14.1. The number of hydrogen-bond acceptors (Lipinski definition) is 4. The summed E-state index contributed by atoms with van der Waals surface area (Å²) < 4.78 is 0. The average Bonchev–Trinajstić information content (AvgIpc) is 2.81. The maximum atomic E-state index is 15.0. The van der Waals surface area contributed by atoms with Crippen molar-refractivity contribution < 1.29 is 19.5 Å². The molecule has 0 aromatic rings. The van der Waals surface area contributed by atoms with E-state index in [-0.39, 0.29) is 74.7 Å². The first kappa shape index (κ1) is 36.5. The number of hydrogen-bond donors (Lipinski definition) is 1. The molecule has 0 unspecified atom stereocenters. The molecular weight excluding hydrogens is 692 g/mol. The molecule has 0 aromatic carbocycles. The van der Waals surface area contributed by atoms with Crippen LogP contribution < -0.4 is 0 Å². The molecule has 0 saturated heterocycles. The van der Waals surface area contributed by atoms with E-state index in [4.69, 9.17) is 0 Å². The van der Waals surface area contributed by atoms with Gasteiger partial charge in [-0.25, -0.2) is 0 Å². The predicted molar refractivity (Wildman–Crippen MR) is 170 cm³/mol. The second-order valence-corrected chi connectivity index (χ2v) is 13.5. The number of aliphatic hydroxyl groups excluding tert-OH is 1. The van der Waals surface area contributed by atoms with Crippen molar-refractivity contribution in [3.8, 4) is 0 Å². The van der Waals surface area contributed by atoms with Crippen molar-refractivity contribution in [1.29, 1.82) is 0 Å². The third-order valence-corrected chi connectivity index (χ3v) is 8.97. The number of carbonyl (C=O) groups is 3. The minimum absolute atomic E-state index is 0. The van der Waals surface area contributed by atoms with Crippen LogP contribution in [0.3, 0.4) is 0 Å². The third kappa shape index (κ3) is 6.57. The van der Waals surface area contributed by atoms with Crippen LogP contribution in [-0.2, 0) is 14.4 Å². The molecule has 40 heavy (non-hydrogen) atoms. The summed E-state index contributed by atoms with van der Waals surface area (Å²) in [7, 11) is 0. The van der Waals surface area contributed by atoms with E-state index in [1.165, 1.54) is 5.57 Å². The van der Waals surface area contributed by atoms with Gasteiger partial charge in [-0.15, -0.1) is 0 Å². The van der Waals surface area contributed by atoms with Crippen molar-refractivity contribution in [1.82, 2.24) is 0 Å². The van der Waals surface area contributed by atoms with E-state index in [9.17, 15) is 19.5 Å². The van der Waals surface area contributed by atoms with E-state index < -0.39 is 22.2 Å². The number of rotatable bonds is 11. The number of aliphatic hydroxyl groups is 1. The Morgan fingerprint density at radius 2 is 1.43 bits per heavy atom. The second-order valence-electron chi connectivity index (χ2n) is 13.5. The van der Waals surface area contributed by atoms with Gasteiger partial charge in [-0.2, -0.15) is 0 Å². The van der Waals surface area contributed by atoms with E-state index >= 15 is 0 Å². The summed E-state index contributed by atoms with van der Waals surface area (Å²) in [6.07, 6.45) is 10.9. The quantitative estimate of drug-likeness (QED) is 0.132. The third-order valence-electron chi connectivity index (χ3n) is 8.97. The van der Waals surface area contributed by atoms with Gasteiger partial charge >= 0.3 is 27.3 Å². The number of Topliss-reactive ketones (excluding diaryl/α,β-unsaturated/α-hetero) is 3. The molecule has 0 spiro atoms. The summed E-state index contributed by atoms with van der Waals surface area (Å²) in [5.41, 5.74) is 0.611. The van der Waals surface area contributed by atoms with Crippen molar-refractivity contribution in [3.05, 3.63) is 57.9 Å². The monoisotopic (exact) mass is 746 g/mol. The predicted octanol–water partition coefficient (Wildman–Crippen LogP) is 8.07.